The van der Waals surface area contributed by atoms with Crippen LogP contribution in [-0.2, 0) is 33.5 Å². The first-order chi connectivity index (χ1) is 17.5. The molecule has 1 aliphatic heterocycles. The van der Waals surface area contributed by atoms with Gasteiger partial charge in [-0.2, -0.15) is 0 Å². The number of methoxy groups -OCH3 is 2. The van der Waals surface area contributed by atoms with Crippen LogP contribution in [0.5, 0.6) is 0 Å². The maximum Gasteiger partial charge on any atom is 0.414 e. The van der Waals surface area contributed by atoms with Gasteiger partial charge in [0, 0.05) is 24.1 Å². The Morgan fingerprint density at radius 3 is 2.56 bits per heavy atom. The summed E-state index contributed by atoms with van der Waals surface area (Å²) in [6, 6.07) is 14.9. The zero-order valence-electron chi connectivity index (χ0n) is 21.4. The van der Waals surface area contributed by atoms with E-state index in [0.29, 0.717) is 0 Å². The molecule has 0 saturated heterocycles. The molecular weight excluding hydrogens is 454 g/mol. The number of carbonyl (C=O) groups excluding carboxylic acids is 2. The summed E-state index contributed by atoms with van der Waals surface area (Å²) in [7, 11) is 2.91. The maximum atomic E-state index is 12.6. The van der Waals surface area contributed by atoms with Crippen LogP contribution >= 0.6 is 0 Å². The molecule has 36 heavy (non-hydrogen) atoms. The van der Waals surface area contributed by atoms with Crippen LogP contribution in [-0.4, -0.2) is 41.9 Å². The van der Waals surface area contributed by atoms with E-state index in [2.05, 4.69) is 41.8 Å². The zero-order valence-corrected chi connectivity index (χ0v) is 21.4. The van der Waals surface area contributed by atoms with Crippen molar-refractivity contribution in [2.24, 2.45) is 5.92 Å². The van der Waals surface area contributed by atoms with Crippen LogP contribution in [0.3, 0.4) is 0 Å². The first kappa shape index (κ1) is 24.3. The molecule has 3 aromatic rings. The van der Waals surface area contributed by atoms with E-state index < -0.39 is 0 Å². The smallest absolute Gasteiger partial charge is 0.414 e. The molecule has 7 heteroatoms. The molecule has 1 saturated carbocycles. The Labute approximate surface area is 212 Å². The van der Waals surface area contributed by atoms with Crippen molar-refractivity contribution in [3.8, 4) is 0 Å². The van der Waals surface area contributed by atoms with Crippen molar-refractivity contribution in [1.29, 1.82) is 0 Å². The molecule has 2 aliphatic rings. The van der Waals surface area contributed by atoms with Crippen molar-refractivity contribution in [2.75, 3.05) is 19.1 Å². The van der Waals surface area contributed by atoms with Gasteiger partial charge in [0.1, 0.15) is 5.82 Å². The van der Waals surface area contributed by atoms with Crippen molar-refractivity contribution < 1.29 is 19.1 Å². The lowest BCUT2D eigenvalue weighted by Crippen LogP contribution is -2.42. The van der Waals surface area contributed by atoms with Gasteiger partial charge in [-0.05, 0) is 63.1 Å². The van der Waals surface area contributed by atoms with Crippen LogP contribution in [0.15, 0.2) is 42.5 Å². The molecular formula is C29H35N3O4. The number of aryl methyl sites for hydroxylation is 3. The molecule has 2 aromatic carbocycles. The fraction of sp³-hybridized carbons (Fsp3) is 0.483. The van der Waals surface area contributed by atoms with E-state index >= 15 is 0 Å². The van der Waals surface area contributed by atoms with Gasteiger partial charge in [0.05, 0.1) is 36.9 Å². The number of hydrogen-bond acceptors (Lipinski definition) is 5. The normalized spacial score (nSPS) is 21.8. The van der Waals surface area contributed by atoms with Crippen LogP contribution in [0.2, 0.25) is 0 Å². The summed E-state index contributed by atoms with van der Waals surface area (Å²) in [6.45, 7) is 2.06. The molecule has 0 radical (unpaired) electrons. The second kappa shape index (κ2) is 10.3. The first-order valence-electron chi connectivity index (χ1n) is 13.0. The number of ether oxygens (including phenoxy) is 2. The predicted octanol–water partition coefficient (Wildman–Crippen LogP) is 5.63. The Hall–Kier alpha value is -3.35. The van der Waals surface area contributed by atoms with Crippen molar-refractivity contribution >= 4 is 28.8 Å². The maximum absolute atomic E-state index is 12.6. The topological polar surface area (TPSA) is 73.7 Å². The van der Waals surface area contributed by atoms with Crippen LogP contribution in [0.25, 0.3) is 11.0 Å². The van der Waals surface area contributed by atoms with Gasteiger partial charge in [0.25, 0.3) is 0 Å². The highest BCUT2D eigenvalue weighted by Gasteiger charge is 2.34. The Morgan fingerprint density at radius 1 is 1.00 bits per heavy atom. The minimum atomic E-state index is -0.334. The van der Waals surface area contributed by atoms with Gasteiger partial charge in [0.2, 0.25) is 0 Å². The molecule has 7 nitrogen and oxygen atoms in total. The fourth-order valence-corrected chi connectivity index (χ4v) is 6.09. The largest absolute Gasteiger partial charge is 0.469 e. The number of benzene rings is 2. The predicted molar refractivity (Wildman–Crippen MR) is 139 cm³/mol. The number of imidazole rings is 1. The summed E-state index contributed by atoms with van der Waals surface area (Å²) in [6.07, 6.45) is 6.73. The van der Waals surface area contributed by atoms with Crippen LogP contribution in [0.1, 0.15) is 62.0 Å². The first-order valence-corrected chi connectivity index (χ1v) is 13.0. The second-order valence-corrected chi connectivity index (χ2v) is 10.1. The van der Waals surface area contributed by atoms with Crippen molar-refractivity contribution in [3.63, 3.8) is 0 Å². The summed E-state index contributed by atoms with van der Waals surface area (Å²) in [5.74, 6) is 0.845. The monoisotopic (exact) mass is 489 g/mol. The third-order valence-corrected chi connectivity index (χ3v) is 7.93. The van der Waals surface area contributed by atoms with Crippen LogP contribution < -0.4 is 4.90 Å². The van der Waals surface area contributed by atoms with Gasteiger partial charge in [-0.25, -0.2) is 9.78 Å². The molecule has 2 heterocycles. The summed E-state index contributed by atoms with van der Waals surface area (Å²) in [4.78, 5) is 32.0. The van der Waals surface area contributed by atoms with Gasteiger partial charge < -0.3 is 14.0 Å². The number of amides is 1. The number of rotatable bonds is 5. The molecule has 0 N–H and O–H groups in total. The summed E-state index contributed by atoms with van der Waals surface area (Å²) in [5, 5.41) is 0. The minimum absolute atomic E-state index is 0.0706. The molecule has 1 aromatic heterocycles. The van der Waals surface area contributed by atoms with Gasteiger partial charge in [0.15, 0.2) is 0 Å². The quantitative estimate of drug-likeness (QED) is 0.434. The number of esters is 1. The average molecular weight is 490 g/mol. The summed E-state index contributed by atoms with van der Waals surface area (Å²) < 4.78 is 12.6. The van der Waals surface area contributed by atoms with Crippen molar-refractivity contribution in [1.82, 2.24) is 9.55 Å². The molecule has 3 atom stereocenters. The van der Waals surface area contributed by atoms with Gasteiger partial charge >= 0.3 is 12.1 Å². The Kier molecular flexibility index (Phi) is 6.99. The Balaban J connectivity index is 1.59. The zero-order chi connectivity index (χ0) is 25.2. The fourth-order valence-electron chi connectivity index (χ4n) is 6.09. The van der Waals surface area contributed by atoms with Crippen LogP contribution in [0.4, 0.5) is 10.5 Å². The Bertz CT molecular complexity index is 1250. The van der Waals surface area contributed by atoms with E-state index in [4.69, 9.17) is 14.5 Å². The lowest BCUT2D eigenvalue weighted by Gasteiger charge is -2.34. The Morgan fingerprint density at radius 2 is 1.81 bits per heavy atom. The number of hydrogen-bond donors (Lipinski definition) is 0. The van der Waals surface area contributed by atoms with E-state index in [1.54, 1.807) is 4.90 Å². The van der Waals surface area contributed by atoms with Gasteiger partial charge in [-0.15, -0.1) is 0 Å². The van der Waals surface area contributed by atoms with E-state index in [-0.39, 0.29) is 30.1 Å². The van der Waals surface area contributed by atoms with Crippen molar-refractivity contribution in [2.45, 2.75) is 70.4 Å². The highest BCUT2D eigenvalue weighted by atomic mass is 16.5. The van der Waals surface area contributed by atoms with E-state index in [1.165, 1.54) is 19.8 Å². The van der Waals surface area contributed by atoms with Crippen LogP contribution in [0, 0.1) is 5.92 Å². The number of aromatic nitrogens is 2. The van der Waals surface area contributed by atoms with Crippen molar-refractivity contribution in [3.05, 3.63) is 59.4 Å². The summed E-state index contributed by atoms with van der Waals surface area (Å²) in [5.41, 5.74) is 5.34. The number of fused-ring (bicyclic) bond motifs is 3. The van der Waals surface area contributed by atoms with Gasteiger partial charge in [-0.3, -0.25) is 9.69 Å². The molecule has 5 rings (SSSR count). The third-order valence-electron chi connectivity index (χ3n) is 7.93. The second-order valence-electron chi connectivity index (χ2n) is 10.1. The average Bonchev–Trinajstić information content (AvgIpc) is 3.30. The molecule has 1 amide bonds. The molecule has 0 bridgehead atoms. The standard InChI is InChI=1S/C29H35N3O4/c1-19-12-14-23-24(31(19)29(34)36-3)15-16-25-27(23)30-26(17-13-20-8-5-4-6-9-20)32(25)22-11-7-10-21(18-22)28(33)35-2/h4-6,8-9,15-16,19,21-22H,7,10-14,17-18H2,1-3H3/t19-,21-,22+/m0/s1. The molecule has 190 valence electrons. The number of carbonyl (C=O) groups is 2. The van der Waals surface area contributed by atoms with E-state index in [9.17, 15) is 9.59 Å². The SMILES string of the molecule is COC(=O)[C@H]1CCC[C@@H](n2c(CCc3ccccc3)nc3c4c(ccc32)N(C(=O)OC)[C@@H](C)CC4)C1. The summed E-state index contributed by atoms with van der Waals surface area (Å²) >= 11 is 0. The molecule has 0 unspecified atom stereocenters. The third kappa shape index (κ3) is 4.47. The van der Waals surface area contributed by atoms with Gasteiger partial charge in [-0.1, -0.05) is 36.8 Å². The lowest BCUT2D eigenvalue weighted by molar-refractivity contribution is -0.147. The van der Waals surface area contributed by atoms with E-state index in [1.807, 2.05) is 12.1 Å². The number of anilines is 1. The molecule has 0 spiro atoms. The highest BCUT2D eigenvalue weighted by Crippen LogP contribution is 2.40. The lowest BCUT2D eigenvalue weighted by atomic mass is 9.85. The number of nitrogens with zero attached hydrogens (tertiary/aromatic N) is 3. The molecule has 1 aliphatic carbocycles. The molecule has 1 fully saturated rings. The van der Waals surface area contributed by atoms with E-state index in [0.717, 1.165) is 79.5 Å². The minimum Gasteiger partial charge on any atom is -0.469 e. The highest BCUT2D eigenvalue weighted by molar-refractivity contribution is 5.95.